The topological polar surface area (TPSA) is 50.9 Å². The van der Waals surface area contributed by atoms with E-state index in [0.29, 0.717) is 6.54 Å². The van der Waals surface area contributed by atoms with E-state index in [-0.39, 0.29) is 0 Å². The molecule has 1 aliphatic carbocycles. The standard InChI is InChI=1S/C13H21N3/c1-2-7-15-13-11(9-14)8-10-5-3-4-6-12(10)16-13/h8H,2-7,9,14H2,1H3,(H,15,16). The fourth-order valence-corrected chi connectivity index (χ4v) is 2.23. The average molecular weight is 219 g/mol. The molecule has 16 heavy (non-hydrogen) atoms. The van der Waals surface area contributed by atoms with Gasteiger partial charge in [0.05, 0.1) is 0 Å². The van der Waals surface area contributed by atoms with Crippen molar-refractivity contribution in [1.82, 2.24) is 4.98 Å². The molecule has 3 nitrogen and oxygen atoms in total. The van der Waals surface area contributed by atoms with Crippen molar-refractivity contribution < 1.29 is 0 Å². The van der Waals surface area contributed by atoms with Crippen LogP contribution in [0.4, 0.5) is 5.82 Å². The SMILES string of the molecule is CCCNc1nc2c(cc1CN)CCCC2. The van der Waals surface area contributed by atoms with Crippen molar-refractivity contribution in [3.63, 3.8) is 0 Å². The Kier molecular flexibility index (Phi) is 3.78. The quantitative estimate of drug-likeness (QED) is 0.816. The van der Waals surface area contributed by atoms with Gasteiger partial charge in [-0.1, -0.05) is 6.92 Å². The number of nitrogens with zero attached hydrogens (tertiary/aromatic N) is 1. The van der Waals surface area contributed by atoms with Crippen molar-refractivity contribution in [2.45, 2.75) is 45.6 Å². The molecular weight excluding hydrogens is 198 g/mol. The molecule has 1 aliphatic rings. The molecule has 1 aromatic rings. The lowest BCUT2D eigenvalue weighted by Crippen LogP contribution is -2.13. The molecule has 88 valence electrons. The Morgan fingerprint density at radius 2 is 2.19 bits per heavy atom. The van der Waals surface area contributed by atoms with Gasteiger partial charge in [0.15, 0.2) is 0 Å². The largest absolute Gasteiger partial charge is 0.370 e. The monoisotopic (exact) mass is 219 g/mol. The summed E-state index contributed by atoms with van der Waals surface area (Å²) in [5.41, 5.74) is 9.63. The van der Waals surface area contributed by atoms with E-state index in [1.54, 1.807) is 0 Å². The van der Waals surface area contributed by atoms with E-state index >= 15 is 0 Å². The summed E-state index contributed by atoms with van der Waals surface area (Å²) < 4.78 is 0. The smallest absolute Gasteiger partial charge is 0.130 e. The molecule has 2 rings (SSSR count). The van der Waals surface area contributed by atoms with E-state index in [1.165, 1.54) is 30.5 Å². The van der Waals surface area contributed by atoms with E-state index in [2.05, 4.69) is 18.3 Å². The van der Waals surface area contributed by atoms with Crippen LogP contribution >= 0.6 is 0 Å². The van der Waals surface area contributed by atoms with E-state index in [1.807, 2.05) is 0 Å². The highest BCUT2D eigenvalue weighted by Gasteiger charge is 2.13. The Morgan fingerprint density at radius 1 is 1.38 bits per heavy atom. The van der Waals surface area contributed by atoms with Gasteiger partial charge in [0.1, 0.15) is 5.82 Å². The summed E-state index contributed by atoms with van der Waals surface area (Å²) in [5, 5.41) is 3.37. The summed E-state index contributed by atoms with van der Waals surface area (Å²) in [4.78, 5) is 4.73. The van der Waals surface area contributed by atoms with Crippen LogP contribution in [0.2, 0.25) is 0 Å². The maximum Gasteiger partial charge on any atom is 0.130 e. The Morgan fingerprint density at radius 3 is 2.94 bits per heavy atom. The molecule has 1 heterocycles. The number of fused-ring (bicyclic) bond motifs is 1. The van der Waals surface area contributed by atoms with Crippen molar-refractivity contribution in [2.24, 2.45) is 5.73 Å². The molecule has 0 radical (unpaired) electrons. The first kappa shape index (κ1) is 11.4. The summed E-state index contributed by atoms with van der Waals surface area (Å²) in [7, 11) is 0. The van der Waals surface area contributed by atoms with E-state index in [0.717, 1.165) is 30.8 Å². The van der Waals surface area contributed by atoms with Gasteiger partial charge in [-0.2, -0.15) is 0 Å². The first-order chi connectivity index (χ1) is 7.85. The Bertz CT molecular complexity index is 360. The molecular formula is C13H21N3. The Balaban J connectivity index is 2.28. The minimum atomic E-state index is 0.576. The lowest BCUT2D eigenvalue weighted by Gasteiger charge is -2.18. The predicted molar refractivity (Wildman–Crippen MR) is 67.6 cm³/mol. The number of nitrogens with one attached hydrogen (secondary N) is 1. The van der Waals surface area contributed by atoms with E-state index in [9.17, 15) is 0 Å². The summed E-state index contributed by atoms with van der Waals surface area (Å²) in [6, 6.07) is 2.25. The molecule has 0 amide bonds. The van der Waals surface area contributed by atoms with Crippen molar-refractivity contribution >= 4 is 5.82 Å². The van der Waals surface area contributed by atoms with Crippen molar-refractivity contribution in [3.8, 4) is 0 Å². The van der Waals surface area contributed by atoms with E-state index < -0.39 is 0 Å². The molecule has 0 atom stereocenters. The highest BCUT2D eigenvalue weighted by atomic mass is 15.0. The summed E-state index contributed by atoms with van der Waals surface area (Å²) in [6.07, 6.45) is 5.97. The zero-order valence-corrected chi connectivity index (χ0v) is 10.1. The maximum absolute atomic E-state index is 5.78. The minimum absolute atomic E-state index is 0.576. The van der Waals surface area contributed by atoms with Crippen LogP contribution in [0.5, 0.6) is 0 Å². The number of hydrogen-bond donors (Lipinski definition) is 2. The summed E-state index contributed by atoms with van der Waals surface area (Å²) in [5.74, 6) is 1.00. The number of hydrogen-bond acceptors (Lipinski definition) is 3. The van der Waals surface area contributed by atoms with Crippen molar-refractivity contribution in [3.05, 3.63) is 22.9 Å². The first-order valence-corrected chi connectivity index (χ1v) is 6.30. The summed E-state index contributed by atoms with van der Waals surface area (Å²) in [6.45, 7) is 3.71. The molecule has 0 saturated heterocycles. The fourth-order valence-electron chi connectivity index (χ4n) is 2.23. The first-order valence-electron chi connectivity index (χ1n) is 6.30. The lowest BCUT2D eigenvalue weighted by molar-refractivity contribution is 0.666. The minimum Gasteiger partial charge on any atom is -0.370 e. The molecule has 1 aromatic heterocycles. The van der Waals surface area contributed by atoms with Gasteiger partial charge in [-0.05, 0) is 43.7 Å². The highest BCUT2D eigenvalue weighted by molar-refractivity contribution is 5.48. The van der Waals surface area contributed by atoms with E-state index in [4.69, 9.17) is 10.7 Å². The van der Waals surface area contributed by atoms with Crippen LogP contribution in [0.15, 0.2) is 6.07 Å². The molecule has 0 aromatic carbocycles. The second-order valence-electron chi connectivity index (χ2n) is 4.44. The molecule has 0 aliphatic heterocycles. The third-order valence-electron chi connectivity index (χ3n) is 3.14. The van der Waals surface area contributed by atoms with Gasteiger partial charge in [0, 0.05) is 24.3 Å². The third kappa shape index (κ3) is 2.35. The van der Waals surface area contributed by atoms with Crippen LogP contribution in [0, 0.1) is 0 Å². The average Bonchev–Trinajstić information content (AvgIpc) is 2.35. The van der Waals surface area contributed by atoms with Crippen molar-refractivity contribution in [2.75, 3.05) is 11.9 Å². The fraction of sp³-hybridized carbons (Fsp3) is 0.615. The lowest BCUT2D eigenvalue weighted by atomic mass is 9.95. The van der Waals surface area contributed by atoms with Crippen LogP contribution in [0.3, 0.4) is 0 Å². The number of rotatable bonds is 4. The Labute approximate surface area is 97.5 Å². The number of aryl methyl sites for hydroxylation is 2. The molecule has 0 fully saturated rings. The van der Waals surface area contributed by atoms with Gasteiger partial charge < -0.3 is 11.1 Å². The van der Waals surface area contributed by atoms with Crippen molar-refractivity contribution in [1.29, 1.82) is 0 Å². The molecule has 3 N–H and O–H groups in total. The molecule has 0 bridgehead atoms. The van der Waals surface area contributed by atoms with Crippen LogP contribution in [-0.4, -0.2) is 11.5 Å². The maximum atomic E-state index is 5.78. The van der Waals surface area contributed by atoms with Crippen LogP contribution in [0.25, 0.3) is 0 Å². The van der Waals surface area contributed by atoms with Gasteiger partial charge in [-0.3, -0.25) is 0 Å². The molecule has 3 heteroatoms. The second kappa shape index (κ2) is 5.30. The van der Waals surface area contributed by atoms with Gasteiger partial charge in [-0.25, -0.2) is 4.98 Å². The third-order valence-corrected chi connectivity index (χ3v) is 3.14. The zero-order chi connectivity index (χ0) is 11.4. The van der Waals surface area contributed by atoms with Gasteiger partial charge in [0.2, 0.25) is 0 Å². The van der Waals surface area contributed by atoms with Gasteiger partial charge in [0.25, 0.3) is 0 Å². The predicted octanol–water partition coefficient (Wildman–Crippen LogP) is 2.24. The van der Waals surface area contributed by atoms with Gasteiger partial charge in [-0.15, -0.1) is 0 Å². The second-order valence-corrected chi connectivity index (χ2v) is 4.44. The number of nitrogens with two attached hydrogens (primary N) is 1. The number of pyridine rings is 1. The van der Waals surface area contributed by atoms with Crippen LogP contribution < -0.4 is 11.1 Å². The van der Waals surface area contributed by atoms with Crippen LogP contribution in [-0.2, 0) is 19.4 Å². The molecule has 0 unspecified atom stereocenters. The normalized spacial score (nSPS) is 14.6. The molecule has 0 spiro atoms. The highest BCUT2D eigenvalue weighted by Crippen LogP contribution is 2.24. The van der Waals surface area contributed by atoms with Gasteiger partial charge >= 0.3 is 0 Å². The number of anilines is 1. The number of aromatic nitrogens is 1. The summed E-state index contributed by atoms with van der Waals surface area (Å²) >= 11 is 0. The zero-order valence-electron chi connectivity index (χ0n) is 10.1. The van der Waals surface area contributed by atoms with Crippen LogP contribution in [0.1, 0.15) is 43.0 Å². The molecule has 0 saturated carbocycles. The Hall–Kier alpha value is -1.09.